The minimum absolute atomic E-state index is 0.395. The van der Waals surface area contributed by atoms with Crippen LogP contribution in [0.1, 0.15) is 15.9 Å². The molecule has 0 radical (unpaired) electrons. The van der Waals surface area contributed by atoms with Gasteiger partial charge in [0.15, 0.2) is 0 Å². The predicted molar refractivity (Wildman–Crippen MR) is 75.0 cm³/mol. The lowest BCUT2D eigenvalue weighted by Crippen LogP contribution is -2.03. The summed E-state index contributed by atoms with van der Waals surface area (Å²) in [7, 11) is 1.34. The first kappa shape index (κ1) is 13.4. The van der Waals surface area contributed by atoms with Crippen LogP contribution in [0.15, 0.2) is 36.5 Å². The van der Waals surface area contributed by atoms with E-state index in [1.165, 1.54) is 7.11 Å². The number of nitrogens with zero attached hydrogens (tertiary/aromatic N) is 1. The summed E-state index contributed by atoms with van der Waals surface area (Å²) in [5.74, 6) is 0.168. The third-order valence-electron chi connectivity index (χ3n) is 2.64. The van der Waals surface area contributed by atoms with Crippen molar-refractivity contribution in [3.63, 3.8) is 0 Å². The zero-order chi connectivity index (χ0) is 13.8. The zero-order valence-corrected chi connectivity index (χ0v) is 11.4. The van der Waals surface area contributed by atoms with Crippen molar-refractivity contribution >= 4 is 29.1 Å². The van der Waals surface area contributed by atoms with Gasteiger partial charge in [-0.1, -0.05) is 17.7 Å². The Hall–Kier alpha value is -2.07. The van der Waals surface area contributed by atoms with Crippen molar-refractivity contribution < 1.29 is 9.53 Å². The van der Waals surface area contributed by atoms with Crippen LogP contribution in [0.3, 0.4) is 0 Å². The van der Waals surface area contributed by atoms with Crippen molar-refractivity contribution in [2.75, 3.05) is 12.4 Å². The van der Waals surface area contributed by atoms with Crippen molar-refractivity contribution in [3.8, 4) is 0 Å². The summed E-state index contributed by atoms with van der Waals surface area (Å²) < 4.78 is 4.67. The topological polar surface area (TPSA) is 51.2 Å². The molecule has 0 spiro atoms. The molecule has 98 valence electrons. The van der Waals surface area contributed by atoms with Gasteiger partial charge in [-0.2, -0.15) is 0 Å². The largest absolute Gasteiger partial charge is 0.465 e. The smallest absolute Gasteiger partial charge is 0.338 e. The highest BCUT2D eigenvalue weighted by Gasteiger charge is 2.07. The fraction of sp³-hybridized carbons (Fsp3) is 0.143. The number of esters is 1. The summed E-state index contributed by atoms with van der Waals surface area (Å²) >= 11 is 5.95. The summed E-state index contributed by atoms with van der Waals surface area (Å²) in [6, 6.07) is 8.77. The number of carbonyl (C=O) groups excluding carboxylic acids is 1. The second-order valence-electron chi connectivity index (χ2n) is 4.01. The molecule has 0 bridgehead atoms. The molecule has 1 aromatic carbocycles. The monoisotopic (exact) mass is 276 g/mol. The SMILES string of the molecule is COC(=O)c1ccnc(Nc2cc(Cl)ccc2C)c1. The fourth-order valence-electron chi connectivity index (χ4n) is 1.61. The number of anilines is 2. The molecule has 1 heterocycles. The maximum absolute atomic E-state index is 11.4. The van der Waals surface area contributed by atoms with Crippen molar-refractivity contribution in [3.05, 3.63) is 52.7 Å². The van der Waals surface area contributed by atoms with E-state index in [2.05, 4.69) is 15.0 Å². The average Bonchev–Trinajstić information content (AvgIpc) is 2.42. The molecule has 0 aliphatic carbocycles. The second kappa shape index (κ2) is 5.71. The molecule has 0 aliphatic heterocycles. The van der Waals surface area contributed by atoms with Crippen LogP contribution in [-0.2, 0) is 4.74 Å². The normalized spacial score (nSPS) is 10.1. The molecule has 2 rings (SSSR count). The molecular formula is C14H13ClN2O2. The second-order valence-corrected chi connectivity index (χ2v) is 4.44. The standard InChI is InChI=1S/C14H13ClN2O2/c1-9-3-4-11(15)8-12(9)17-13-7-10(5-6-16-13)14(18)19-2/h3-8H,1-2H3,(H,16,17). The summed E-state index contributed by atoms with van der Waals surface area (Å²) in [6.07, 6.45) is 1.55. The number of hydrogen-bond donors (Lipinski definition) is 1. The van der Waals surface area contributed by atoms with E-state index < -0.39 is 5.97 Å². The number of aromatic nitrogens is 1. The van der Waals surface area contributed by atoms with Gasteiger partial charge in [-0.05, 0) is 36.8 Å². The molecule has 0 saturated heterocycles. The van der Waals surface area contributed by atoms with Crippen molar-refractivity contribution in [1.29, 1.82) is 0 Å². The Morgan fingerprint density at radius 3 is 2.84 bits per heavy atom. The van der Waals surface area contributed by atoms with Gasteiger partial charge in [0.1, 0.15) is 5.82 Å². The number of ether oxygens (including phenoxy) is 1. The molecule has 0 saturated carbocycles. The van der Waals surface area contributed by atoms with Gasteiger partial charge in [-0.3, -0.25) is 0 Å². The molecule has 0 unspecified atom stereocenters. The fourth-order valence-corrected chi connectivity index (χ4v) is 1.78. The first-order valence-electron chi connectivity index (χ1n) is 5.67. The Bertz CT molecular complexity index is 614. The molecule has 19 heavy (non-hydrogen) atoms. The molecule has 0 atom stereocenters. The third-order valence-corrected chi connectivity index (χ3v) is 2.88. The number of hydrogen-bond acceptors (Lipinski definition) is 4. The number of nitrogens with one attached hydrogen (secondary N) is 1. The maximum atomic E-state index is 11.4. The van der Waals surface area contributed by atoms with Crippen molar-refractivity contribution in [2.45, 2.75) is 6.92 Å². The Morgan fingerprint density at radius 2 is 2.11 bits per heavy atom. The first-order valence-corrected chi connectivity index (χ1v) is 6.05. The number of methoxy groups -OCH3 is 1. The van der Waals surface area contributed by atoms with E-state index in [9.17, 15) is 4.79 Å². The predicted octanol–water partition coefficient (Wildman–Crippen LogP) is 3.57. The lowest BCUT2D eigenvalue weighted by molar-refractivity contribution is 0.0600. The van der Waals surface area contributed by atoms with Crippen LogP contribution >= 0.6 is 11.6 Å². The number of rotatable bonds is 3. The van der Waals surface area contributed by atoms with E-state index in [4.69, 9.17) is 11.6 Å². The molecule has 1 N–H and O–H groups in total. The summed E-state index contributed by atoms with van der Waals surface area (Å²) in [5, 5.41) is 3.77. The summed E-state index contributed by atoms with van der Waals surface area (Å²) in [4.78, 5) is 15.6. The number of benzene rings is 1. The van der Waals surface area contributed by atoms with Gasteiger partial charge in [0.2, 0.25) is 0 Å². The van der Waals surface area contributed by atoms with Gasteiger partial charge >= 0.3 is 5.97 Å². The Kier molecular flexibility index (Phi) is 4.02. The lowest BCUT2D eigenvalue weighted by Gasteiger charge is -2.09. The third kappa shape index (κ3) is 3.23. The quantitative estimate of drug-likeness (QED) is 0.871. The van der Waals surface area contributed by atoms with E-state index in [0.717, 1.165) is 11.3 Å². The molecule has 1 aromatic heterocycles. The molecule has 0 fully saturated rings. The van der Waals surface area contributed by atoms with E-state index >= 15 is 0 Å². The van der Waals surface area contributed by atoms with Crippen LogP contribution in [0.5, 0.6) is 0 Å². The van der Waals surface area contributed by atoms with Crippen molar-refractivity contribution in [2.24, 2.45) is 0 Å². The van der Waals surface area contributed by atoms with Gasteiger partial charge in [0, 0.05) is 16.9 Å². The van der Waals surface area contributed by atoms with E-state index in [1.54, 1.807) is 18.3 Å². The van der Waals surface area contributed by atoms with Crippen LogP contribution < -0.4 is 5.32 Å². The Balaban J connectivity index is 2.28. The highest BCUT2D eigenvalue weighted by molar-refractivity contribution is 6.30. The highest BCUT2D eigenvalue weighted by Crippen LogP contribution is 2.23. The summed E-state index contributed by atoms with van der Waals surface area (Å²) in [5.41, 5.74) is 2.33. The van der Waals surface area contributed by atoms with E-state index in [0.29, 0.717) is 16.4 Å². The Labute approximate surface area is 116 Å². The minimum atomic E-state index is -0.395. The minimum Gasteiger partial charge on any atom is -0.465 e. The number of aryl methyl sites for hydroxylation is 1. The lowest BCUT2D eigenvalue weighted by atomic mass is 10.2. The first-order chi connectivity index (χ1) is 9.10. The average molecular weight is 277 g/mol. The molecular weight excluding hydrogens is 264 g/mol. The van der Waals surface area contributed by atoms with Gasteiger partial charge in [0.25, 0.3) is 0 Å². The van der Waals surface area contributed by atoms with Crippen LogP contribution in [-0.4, -0.2) is 18.1 Å². The van der Waals surface area contributed by atoms with Crippen LogP contribution in [0.4, 0.5) is 11.5 Å². The number of carbonyl (C=O) groups is 1. The molecule has 0 amide bonds. The van der Waals surface area contributed by atoms with Crippen LogP contribution in [0.25, 0.3) is 0 Å². The molecule has 2 aromatic rings. The molecule has 5 heteroatoms. The van der Waals surface area contributed by atoms with Gasteiger partial charge in [-0.15, -0.1) is 0 Å². The maximum Gasteiger partial charge on any atom is 0.338 e. The number of pyridine rings is 1. The van der Waals surface area contributed by atoms with Crippen molar-refractivity contribution in [1.82, 2.24) is 4.98 Å². The number of halogens is 1. The summed E-state index contributed by atoms with van der Waals surface area (Å²) in [6.45, 7) is 1.96. The van der Waals surface area contributed by atoms with Crippen LogP contribution in [0.2, 0.25) is 5.02 Å². The molecule has 4 nitrogen and oxygen atoms in total. The Morgan fingerprint density at radius 1 is 1.32 bits per heavy atom. The zero-order valence-electron chi connectivity index (χ0n) is 10.6. The molecule has 0 aliphatic rings. The van der Waals surface area contributed by atoms with Gasteiger partial charge in [0.05, 0.1) is 12.7 Å². The van der Waals surface area contributed by atoms with E-state index in [1.807, 2.05) is 25.1 Å². The van der Waals surface area contributed by atoms with Crippen LogP contribution in [0, 0.1) is 6.92 Å². The highest BCUT2D eigenvalue weighted by atomic mass is 35.5. The van der Waals surface area contributed by atoms with E-state index in [-0.39, 0.29) is 0 Å². The van der Waals surface area contributed by atoms with Gasteiger partial charge in [-0.25, -0.2) is 9.78 Å². The van der Waals surface area contributed by atoms with Gasteiger partial charge < -0.3 is 10.1 Å².